The van der Waals surface area contributed by atoms with E-state index in [1.807, 2.05) is 30.3 Å². The van der Waals surface area contributed by atoms with Crippen LogP contribution >= 0.6 is 0 Å². The first-order valence-corrected chi connectivity index (χ1v) is 7.22. The molecule has 0 N–H and O–H groups in total. The van der Waals surface area contributed by atoms with Crippen molar-refractivity contribution in [3.63, 3.8) is 0 Å². The van der Waals surface area contributed by atoms with Gasteiger partial charge in [-0.15, -0.1) is 0 Å². The van der Waals surface area contributed by atoms with Crippen LogP contribution < -0.4 is 14.2 Å². The molecule has 0 fully saturated rings. The van der Waals surface area contributed by atoms with Gasteiger partial charge in [0.2, 0.25) is 0 Å². The Morgan fingerprint density at radius 1 is 0.864 bits per heavy atom. The predicted octanol–water partition coefficient (Wildman–Crippen LogP) is 4.14. The summed E-state index contributed by atoms with van der Waals surface area (Å²) in [6.45, 7) is 3.87. The average Bonchev–Trinajstić information content (AvgIpc) is 2.59. The molecular formula is C19H22O3. The Balaban J connectivity index is 2.17. The lowest BCUT2D eigenvalue weighted by molar-refractivity contribution is 0.354. The highest BCUT2D eigenvalue weighted by Gasteiger charge is 2.07. The summed E-state index contributed by atoms with van der Waals surface area (Å²) >= 11 is 0. The fourth-order valence-corrected chi connectivity index (χ4v) is 2.44. The largest absolute Gasteiger partial charge is 0.497 e. The van der Waals surface area contributed by atoms with Gasteiger partial charge in [0.25, 0.3) is 0 Å². The lowest BCUT2D eigenvalue weighted by Crippen LogP contribution is -1.97. The zero-order chi connectivity index (χ0) is 15.9. The number of methoxy groups -OCH3 is 3. The zero-order valence-corrected chi connectivity index (χ0v) is 13.4. The predicted molar refractivity (Wildman–Crippen MR) is 90.0 cm³/mol. The van der Waals surface area contributed by atoms with Gasteiger partial charge in [0.15, 0.2) is 11.5 Å². The number of benzene rings is 2. The summed E-state index contributed by atoms with van der Waals surface area (Å²) in [6.07, 6.45) is 3.70. The van der Waals surface area contributed by atoms with E-state index in [1.165, 1.54) is 11.1 Å². The van der Waals surface area contributed by atoms with Crippen LogP contribution in [0.4, 0.5) is 0 Å². The van der Waals surface area contributed by atoms with E-state index in [9.17, 15) is 0 Å². The molecule has 0 saturated heterocycles. The number of rotatable bonds is 7. The quantitative estimate of drug-likeness (QED) is 0.769. The van der Waals surface area contributed by atoms with Crippen molar-refractivity contribution in [2.45, 2.75) is 12.8 Å². The molecule has 2 aromatic rings. The minimum atomic E-state index is 0.749. The maximum absolute atomic E-state index is 5.35. The summed E-state index contributed by atoms with van der Waals surface area (Å²) in [4.78, 5) is 0. The third kappa shape index (κ3) is 3.61. The van der Waals surface area contributed by atoms with Crippen molar-refractivity contribution in [1.29, 1.82) is 0 Å². The van der Waals surface area contributed by atoms with Gasteiger partial charge in [-0.25, -0.2) is 0 Å². The molecule has 0 spiro atoms. The molecule has 0 atom stereocenters. The van der Waals surface area contributed by atoms with Crippen molar-refractivity contribution in [2.24, 2.45) is 0 Å². The molecule has 0 aliphatic carbocycles. The first kappa shape index (κ1) is 16.0. The molecule has 3 nitrogen and oxygen atoms in total. The zero-order valence-electron chi connectivity index (χ0n) is 13.4. The van der Waals surface area contributed by atoms with Crippen LogP contribution in [0.25, 0.3) is 6.08 Å². The highest BCUT2D eigenvalue weighted by Crippen LogP contribution is 2.28. The fourth-order valence-electron chi connectivity index (χ4n) is 2.44. The summed E-state index contributed by atoms with van der Waals surface area (Å²) in [5, 5.41) is 0. The Kier molecular flexibility index (Phi) is 5.48. The molecule has 2 aromatic carbocycles. The van der Waals surface area contributed by atoms with E-state index in [4.69, 9.17) is 14.2 Å². The second kappa shape index (κ2) is 7.55. The third-order valence-electron chi connectivity index (χ3n) is 3.70. The number of aryl methyl sites for hydroxylation is 2. The lowest BCUT2D eigenvalue weighted by atomic mass is 9.99. The maximum Gasteiger partial charge on any atom is 0.160 e. The van der Waals surface area contributed by atoms with E-state index in [2.05, 4.69) is 18.7 Å². The van der Waals surface area contributed by atoms with Crippen molar-refractivity contribution in [1.82, 2.24) is 0 Å². The smallest absolute Gasteiger partial charge is 0.160 e. The molecule has 0 aliphatic rings. The molecule has 116 valence electrons. The van der Waals surface area contributed by atoms with Crippen molar-refractivity contribution in [3.8, 4) is 17.2 Å². The molecule has 0 saturated carbocycles. The molecule has 0 amide bonds. The monoisotopic (exact) mass is 298 g/mol. The van der Waals surface area contributed by atoms with Gasteiger partial charge >= 0.3 is 0 Å². The van der Waals surface area contributed by atoms with Crippen LogP contribution in [-0.2, 0) is 12.8 Å². The van der Waals surface area contributed by atoms with E-state index >= 15 is 0 Å². The minimum Gasteiger partial charge on any atom is -0.497 e. The summed E-state index contributed by atoms with van der Waals surface area (Å²) in [6, 6.07) is 12.1. The van der Waals surface area contributed by atoms with Crippen molar-refractivity contribution >= 4 is 6.08 Å². The Labute approximate surface area is 132 Å². The van der Waals surface area contributed by atoms with E-state index in [0.717, 1.165) is 35.7 Å². The standard InChI is InChI=1S/C19H22O3/c1-5-15-9-10-17(20-2)13-16(15)8-6-14-7-11-18(21-3)19(12-14)22-4/h5,7,9-13H,1,6,8H2,2-4H3. The molecule has 0 bridgehead atoms. The molecular weight excluding hydrogens is 276 g/mol. The lowest BCUT2D eigenvalue weighted by Gasteiger charge is -2.11. The van der Waals surface area contributed by atoms with Crippen LogP contribution in [0.3, 0.4) is 0 Å². The normalized spacial score (nSPS) is 10.1. The van der Waals surface area contributed by atoms with Gasteiger partial charge in [-0.05, 0) is 53.8 Å². The van der Waals surface area contributed by atoms with Gasteiger partial charge in [0.05, 0.1) is 21.3 Å². The Morgan fingerprint density at radius 3 is 2.27 bits per heavy atom. The van der Waals surface area contributed by atoms with Crippen molar-refractivity contribution in [3.05, 3.63) is 59.7 Å². The summed E-state index contributed by atoms with van der Waals surface area (Å²) in [5.41, 5.74) is 3.57. The van der Waals surface area contributed by atoms with Crippen molar-refractivity contribution in [2.75, 3.05) is 21.3 Å². The van der Waals surface area contributed by atoms with Crippen LogP contribution in [0.2, 0.25) is 0 Å². The van der Waals surface area contributed by atoms with Gasteiger partial charge in [-0.3, -0.25) is 0 Å². The Morgan fingerprint density at radius 2 is 1.64 bits per heavy atom. The number of hydrogen-bond donors (Lipinski definition) is 0. The third-order valence-corrected chi connectivity index (χ3v) is 3.70. The van der Waals surface area contributed by atoms with E-state index in [0.29, 0.717) is 0 Å². The molecule has 0 aromatic heterocycles. The highest BCUT2D eigenvalue weighted by molar-refractivity contribution is 5.54. The van der Waals surface area contributed by atoms with Gasteiger partial charge in [0.1, 0.15) is 5.75 Å². The van der Waals surface area contributed by atoms with Crippen LogP contribution in [0.15, 0.2) is 43.0 Å². The molecule has 0 aliphatic heterocycles. The topological polar surface area (TPSA) is 27.7 Å². The summed E-state index contributed by atoms with van der Waals surface area (Å²) in [5.74, 6) is 2.38. The molecule has 0 radical (unpaired) electrons. The SMILES string of the molecule is C=Cc1ccc(OC)cc1CCc1ccc(OC)c(OC)c1. The van der Waals surface area contributed by atoms with E-state index < -0.39 is 0 Å². The molecule has 0 heterocycles. The average molecular weight is 298 g/mol. The van der Waals surface area contributed by atoms with E-state index in [-0.39, 0.29) is 0 Å². The number of ether oxygens (including phenoxy) is 3. The summed E-state index contributed by atoms with van der Waals surface area (Å²) < 4.78 is 15.9. The second-order valence-corrected chi connectivity index (χ2v) is 4.96. The minimum absolute atomic E-state index is 0.749. The molecule has 3 heteroatoms. The van der Waals surface area contributed by atoms with Crippen LogP contribution in [0, 0.1) is 0 Å². The van der Waals surface area contributed by atoms with Gasteiger partial charge in [-0.2, -0.15) is 0 Å². The van der Waals surface area contributed by atoms with Gasteiger partial charge in [0, 0.05) is 0 Å². The van der Waals surface area contributed by atoms with Gasteiger partial charge in [-0.1, -0.05) is 24.8 Å². The van der Waals surface area contributed by atoms with Gasteiger partial charge < -0.3 is 14.2 Å². The van der Waals surface area contributed by atoms with Crippen LogP contribution in [0.5, 0.6) is 17.2 Å². The summed E-state index contributed by atoms with van der Waals surface area (Å²) in [7, 11) is 4.98. The van der Waals surface area contributed by atoms with Crippen molar-refractivity contribution < 1.29 is 14.2 Å². The van der Waals surface area contributed by atoms with E-state index in [1.54, 1.807) is 21.3 Å². The van der Waals surface area contributed by atoms with Crippen LogP contribution in [-0.4, -0.2) is 21.3 Å². The first-order chi connectivity index (χ1) is 10.7. The fraction of sp³-hybridized carbons (Fsp3) is 0.263. The highest BCUT2D eigenvalue weighted by atomic mass is 16.5. The molecule has 0 unspecified atom stereocenters. The maximum atomic E-state index is 5.35. The molecule has 2 rings (SSSR count). The first-order valence-electron chi connectivity index (χ1n) is 7.22. The Bertz CT molecular complexity index is 647. The molecule has 22 heavy (non-hydrogen) atoms. The Hall–Kier alpha value is -2.42. The van der Waals surface area contributed by atoms with Crippen LogP contribution in [0.1, 0.15) is 16.7 Å². The number of hydrogen-bond acceptors (Lipinski definition) is 3. The second-order valence-electron chi connectivity index (χ2n) is 4.96.